The summed E-state index contributed by atoms with van der Waals surface area (Å²) in [4.78, 5) is 52.6. The number of carboxylic acid groups (broad SMARTS) is 1. The van der Waals surface area contributed by atoms with Crippen LogP contribution in [0.2, 0.25) is 0 Å². The fourth-order valence-corrected chi connectivity index (χ4v) is 4.37. The summed E-state index contributed by atoms with van der Waals surface area (Å²) in [5.74, 6) is -2.53. The third-order valence-electron chi connectivity index (χ3n) is 6.67. The first-order valence-corrected chi connectivity index (χ1v) is 12.6. The van der Waals surface area contributed by atoms with Gasteiger partial charge in [0.05, 0.1) is 6.04 Å². The van der Waals surface area contributed by atoms with E-state index in [2.05, 4.69) is 10.6 Å². The van der Waals surface area contributed by atoms with Crippen LogP contribution in [-0.2, 0) is 25.6 Å². The van der Waals surface area contributed by atoms with Crippen molar-refractivity contribution < 1.29 is 29.4 Å². The number of aromatic hydroxyl groups is 1. The Hall–Kier alpha value is -3.14. The number of carbonyl (C=O) groups excluding carboxylic acids is 3. The molecule has 1 aromatic carbocycles. The quantitative estimate of drug-likeness (QED) is 0.287. The zero-order valence-electron chi connectivity index (χ0n) is 21.6. The number of benzene rings is 1. The third-order valence-corrected chi connectivity index (χ3v) is 6.67. The minimum absolute atomic E-state index is 0.0729. The van der Waals surface area contributed by atoms with E-state index >= 15 is 0 Å². The van der Waals surface area contributed by atoms with Gasteiger partial charge in [-0.05, 0) is 48.8 Å². The Morgan fingerprint density at radius 1 is 1.08 bits per heavy atom. The van der Waals surface area contributed by atoms with Gasteiger partial charge in [-0.1, -0.05) is 46.2 Å². The summed E-state index contributed by atoms with van der Waals surface area (Å²) < 4.78 is 0. The first-order chi connectivity index (χ1) is 16.9. The predicted octanol–water partition coefficient (Wildman–Crippen LogP) is 1.40. The standard InChI is InChI=1S/C26H40N4O6/c1-5-16(4)22(25(34)30-12-6-7-21(30)26(35)36)29-24(33)20(14-17-8-10-18(31)11-9-17)28-23(32)19(27)13-15(2)3/h8-11,15-16,19-22,31H,5-7,12-14,27H2,1-4H3,(H,28,32)(H,29,33)(H,35,36). The molecule has 0 aliphatic carbocycles. The lowest BCUT2D eigenvalue weighted by molar-refractivity contribution is -0.150. The summed E-state index contributed by atoms with van der Waals surface area (Å²) in [7, 11) is 0. The molecule has 0 aromatic heterocycles. The van der Waals surface area contributed by atoms with Gasteiger partial charge in [-0.3, -0.25) is 14.4 Å². The summed E-state index contributed by atoms with van der Waals surface area (Å²) in [6, 6.07) is 2.60. The number of phenols is 1. The fourth-order valence-electron chi connectivity index (χ4n) is 4.37. The van der Waals surface area contributed by atoms with Crippen LogP contribution < -0.4 is 16.4 Å². The number of hydrogen-bond donors (Lipinski definition) is 5. The normalized spacial score (nSPS) is 18.8. The Morgan fingerprint density at radius 3 is 2.28 bits per heavy atom. The molecule has 0 bridgehead atoms. The van der Waals surface area contributed by atoms with Gasteiger partial charge >= 0.3 is 5.97 Å². The number of likely N-dealkylation sites (tertiary alicyclic amines) is 1. The second-order valence-electron chi connectivity index (χ2n) is 10.1. The molecular formula is C26H40N4O6. The van der Waals surface area contributed by atoms with Crippen molar-refractivity contribution >= 4 is 23.7 Å². The van der Waals surface area contributed by atoms with Crippen molar-refractivity contribution in [2.24, 2.45) is 17.6 Å². The van der Waals surface area contributed by atoms with Crippen LogP contribution in [0.1, 0.15) is 58.9 Å². The van der Waals surface area contributed by atoms with Gasteiger partial charge in [0.2, 0.25) is 17.7 Å². The van der Waals surface area contributed by atoms with E-state index in [9.17, 15) is 29.4 Å². The number of nitrogens with zero attached hydrogens (tertiary/aromatic N) is 1. The van der Waals surface area contributed by atoms with Gasteiger partial charge in [-0.15, -0.1) is 0 Å². The number of rotatable bonds is 12. The molecule has 1 aromatic rings. The minimum Gasteiger partial charge on any atom is -0.508 e. The lowest BCUT2D eigenvalue weighted by atomic mass is 9.96. The molecule has 6 N–H and O–H groups in total. The highest BCUT2D eigenvalue weighted by Gasteiger charge is 2.40. The first-order valence-electron chi connectivity index (χ1n) is 12.6. The lowest BCUT2D eigenvalue weighted by Crippen LogP contribution is -2.59. The van der Waals surface area contributed by atoms with E-state index in [1.165, 1.54) is 17.0 Å². The lowest BCUT2D eigenvalue weighted by Gasteiger charge is -2.31. The molecule has 200 valence electrons. The SMILES string of the molecule is CCC(C)C(NC(=O)C(Cc1ccc(O)cc1)NC(=O)C(N)CC(C)C)C(=O)N1CCCC1C(=O)O. The molecule has 3 amide bonds. The summed E-state index contributed by atoms with van der Waals surface area (Å²) >= 11 is 0. The minimum atomic E-state index is -1.06. The molecule has 1 aliphatic heterocycles. The van der Waals surface area contributed by atoms with Crippen LogP contribution in [0.5, 0.6) is 5.75 Å². The van der Waals surface area contributed by atoms with Gasteiger partial charge in [0, 0.05) is 13.0 Å². The zero-order chi connectivity index (χ0) is 27.0. The highest BCUT2D eigenvalue weighted by Crippen LogP contribution is 2.22. The summed E-state index contributed by atoms with van der Waals surface area (Å²) in [5, 5.41) is 24.6. The van der Waals surface area contributed by atoms with E-state index < -0.39 is 47.9 Å². The van der Waals surface area contributed by atoms with Crippen LogP contribution in [0.4, 0.5) is 0 Å². The molecule has 2 rings (SSSR count). The van der Waals surface area contributed by atoms with Gasteiger partial charge in [0.15, 0.2) is 0 Å². The molecule has 1 fully saturated rings. The molecular weight excluding hydrogens is 464 g/mol. The Bertz CT molecular complexity index is 920. The van der Waals surface area contributed by atoms with Crippen LogP contribution >= 0.6 is 0 Å². The molecule has 0 radical (unpaired) electrons. The van der Waals surface area contributed by atoms with Crippen molar-refractivity contribution in [3.05, 3.63) is 29.8 Å². The van der Waals surface area contributed by atoms with Crippen LogP contribution in [0.3, 0.4) is 0 Å². The van der Waals surface area contributed by atoms with Crippen molar-refractivity contribution in [1.82, 2.24) is 15.5 Å². The first kappa shape index (κ1) is 29.1. The number of carbonyl (C=O) groups is 4. The molecule has 10 nitrogen and oxygen atoms in total. The topological polar surface area (TPSA) is 162 Å². The molecule has 1 heterocycles. The van der Waals surface area contributed by atoms with Crippen LogP contribution in [-0.4, -0.2) is 69.5 Å². The summed E-state index contributed by atoms with van der Waals surface area (Å²) in [5.41, 5.74) is 6.73. The van der Waals surface area contributed by atoms with Crippen molar-refractivity contribution in [3.8, 4) is 5.75 Å². The van der Waals surface area contributed by atoms with Crippen molar-refractivity contribution in [2.45, 2.75) is 84.0 Å². The molecule has 1 saturated heterocycles. The van der Waals surface area contributed by atoms with E-state index in [-0.39, 0.29) is 24.0 Å². The smallest absolute Gasteiger partial charge is 0.326 e. The third kappa shape index (κ3) is 7.94. The number of nitrogens with two attached hydrogens (primary N) is 1. The van der Waals surface area contributed by atoms with Crippen LogP contribution in [0, 0.1) is 11.8 Å². The fraction of sp³-hybridized carbons (Fsp3) is 0.615. The maximum Gasteiger partial charge on any atom is 0.326 e. The average molecular weight is 505 g/mol. The van der Waals surface area contributed by atoms with Crippen molar-refractivity contribution in [3.63, 3.8) is 0 Å². The highest BCUT2D eigenvalue weighted by molar-refractivity contribution is 5.94. The van der Waals surface area contributed by atoms with E-state index in [1.807, 2.05) is 27.7 Å². The van der Waals surface area contributed by atoms with E-state index in [4.69, 9.17) is 5.73 Å². The summed E-state index contributed by atoms with van der Waals surface area (Å²) in [6.45, 7) is 7.91. The monoisotopic (exact) mass is 504 g/mol. The van der Waals surface area contributed by atoms with Crippen molar-refractivity contribution in [1.29, 1.82) is 0 Å². The van der Waals surface area contributed by atoms with Crippen LogP contribution in [0.25, 0.3) is 0 Å². The summed E-state index contributed by atoms with van der Waals surface area (Å²) in [6.07, 6.45) is 2.09. The number of carboxylic acids is 1. The molecule has 0 saturated carbocycles. The molecule has 5 unspecified atom stereocenters. The molecule has 36 heavy (non-hydrogen) atoms. The Kier molecular flexibility index (Phi) is 10.7. The Balaban J connectivity index is 2.27. The van der Waals surface area contributed by atoms with E-state index in [0.717, 1.165) is 0 Å². The van der Waals surface area contributed by atoms with Gasteiger partial charge in [-0.2, -0.15) is 0 Å². The predicted molar refractivity (Wildman–Crippen MR) is 135 cm³/mol. The number of hydrogen-bond acceptors (Lipinski definition) is 6. The Labute approximate surface area is 212 Å². The zero-order valence-corrected chi connectivity index (χ0v) is 21.6. The number of aliphatic carboxylic acids is 1. The maximum absolute atomic E-state index is 13.5. The highest BCUT2D eigenvalue weighted by atomic mass is 16.4. The van der Waals surface area contributed by atoms with Crippen LogP contribution in [0.15, 0.2) is 24.3 Å². The van der Waals surface area contributed by atoms with Gasteiger partial charge in [0.1, 0.15) is 23.9 Å². The van der Waals surface area contributed by atoms with E-state index in [0.29, 0.717) is 37.8 Å². The molecule has 1 aliphatic rings. The van der Waals surface area contributed by atoms with Crippen molar-refractivity contribution in [2.75, 3.05) is 6.54 Å². The number of nitrogens with one attached hydrogen (secondary N) is 2. The largest absolute Gasteiger partial charge is 0.508 e. The van der Waals surface area contributed by atoms with Gasteiger partial charge in [-0.25, -0.2) is 4.79 Å². The molecule has 10 heteroatoms. The average Bonchev–Trinajstić information content (AvgIpc) is 3.32. The molecule has 5 atom stereocenters. The maximum atomic E-state index is 13.5. The second-order valence-corrected chi connectivity index (χ2v) is 10.1. The van der Waals surface area contributed by atoms with E-state index in [1.54, 1.807) is 12.1 Å². The van der Waals surface area contributed by atoms with Gasteiger partial charge in [0.25, 0.3) is 0 Å². The van der Waals surface area contributed by atoms with Gasteiger partial charge < -0.3 is 31.5 Å². The molecule has 0 spiro atoms. The number of amides is 3. The number of phenolic OH excluding ortho intramolecular Hbond substituents is 1. The second kappa shape index (κ2) is 13.2. The Morgan fingerprint density at radius 2 is 1.72 bits per heavy atom.